The number of nitrogens with two attached hydrogens (primary N) is 1. The molecular formula is C47H60FNO12. The zero-order valence-corrected chi connectivity index (χ0v) is 35.7. The van der Waals surface area contributed by atoms with E-state index in [9.17, 15) is 49.2 Å². The van der Waals surface area contributed by atoms with Gasteiger partial charge in [-0.15, -0.1) is 0 Å². The van der Waals surface area contributed by atoms with Crippen LogP contribution >= 0.6 is 0 Å². The maximum atomic E-state index is 17.5. The van der Waals surface area contributed by atoms with Gasteiger partial charge in [0.2, 0.25) is 11.6 Å². The van der Waals surface area contributed by atoms with Crippen molar-refractivity contribution < 1.29 is 63.1 Å². The molecule has 61 heavy (non-hydrogen) atoms. The van der Waals surface area contributed by atoms with Crippen molar-refractivity contribution >= 4 is 35.1 Å². The topological polar surface area (TPSA) is 228 Å². The second-order valence-corrected chi connectivity index (χ2v) is 20.7. The van der Waals surface area contributed by atoms with Gasteiger partial charge >= 0.3 is 11.9 Å². The lowest BCUT2D eigenvalue weighted by Crippen LogP contribution is -2.69. The largest absolute Gasteiger partial charge is 0.457 e. The third-order valence-corrected chi connectivity index (χ3v) is 18.2. The number of halogens is 1. The van der Waals surface area contributed by atoms with Gasteiger partial charge in [0.15, 0.2) is 30.4 Å². The van der Waals surface area contributed by atoms with Crippen LogP contribution < -0.4 is 5.73 Å². The third kappa shape index (κ3) is 5.93. The lowest BCUT2D eigenvalue weighted by Gasteiger charge is -2.62. The Hall–Kier alpha value is -3.69. The number of carbonyl (C=O) groups is 6. The van der Waals surface area contributed by atoms with E-state index in [1.165, 1.54) is 18.2 Å². The molecule has 8 aliphatic carbocycles. The van der Waals surface area contributed by atoms with Crippen molar-refractivity contribution in [2.75, 3.05) is 13.2 Å². The predicted molar refractivity (Wildman–Crippen MR) is 215 cm³/mol. The minimum Gasteiger partial charge on any atom is -0.457 e. The van der Waals surface area contributed by atoms with Gasteiger partial charge in [-0.3, -0.25) is 28.8 Å². The number of esters is 2. The van der Waals surface area contributed by atoms with E-state index in [1.54, 1.807) is 39.8 Å². The molecule has 0 radical (unpaired) electrons. The molecule has 8 rings (SSSR count). The molecule has 0 aromatic carbocycles. The molecule has 332 valence electrons. The molecule has 0 heterocycles. The molecule has 0 amide bonds. The van der Waals surface area contributed by atoms with Gasteiger partial charge in [0.25, 0.3) is 0 Å². The normalized spacial score (nSPS) is 47.3. The van der Waals surface area contributed by atoms with E-state index in [0.717, 1.165) is 5.57 Å². The zero-order chi connectivity index (χ0) is 44.5. The summed E-state index contributed by atoms with van der Waals surface area (Å²) in [4.78, 5) is 77.9. The van der Waals surface area contributed by atoms with E-state index in [2.05, 4.69) is 0 Å². The number of ketones is 4. The minimum absolute atomic E-state index is 0.0191. The Bertz CT molecular complexity index is 2100. The fourth-order valence-corrected chi connectivity index (χ4v) is 14.9. The first-order chi connectivity index (χ1) is 28.4. The number of fused-ring (bicyclic) bond motifs is 10. The Morgan fingerprint density at radius 3 is 2.18 bits per heavy atom. The van der Waals surface area contributed by atoms with Crippen LogP contribution in [0.3, 0.4) is 0 Å². The number of allylic oxidation sites excluding steroid dienone is 8. The van der Waals surface area contributed by atoms with Gasteiger partial charge in [-0.2, -0.15) is 0 Å². The summed E-state index contributed by atoms with van der Waals surface area (Å²) in [5.41, 5.74) is -2.63. The Kier molecular flexibility index (Phi) is 10.4. The molecule has 0 saturated heterocycles. The van der Waals surface area contributed by atoms with Crippen LogP contribution in [-0.2, 0) is 38.2 Å². The minimum atomic E-state index is -2.16. The van der Waals surface area contributed by atoms with Crippen molar-refractivity contribution in [3.05, 3.63) is 47.6 Å². The predicted octanol–water partition coefficient (Wildman–Crippen LogP) is 3.29. The molecule has 0 aromatic heterocycles. The van der Waals surface area contributed by atoms with Crippen molar-refractivity contribution in [2.24, 2.45) is 62.9 Å². The monoisotopic (exact) mass is 849 g/mol. The van der Waals surface area contributed by atoms with Gasteiger partial charge in [0.1, 0.15) is 17.2 Å². The first-order valence-corrected chi connectivity index (χ1v) is 21.9. The van der Waals surface area contributed by atoms with Gasteiger partial charge in [-0.1, -0.05) is 51.0 Å². The van der Waals surface area contributed by atoms with Crippen molar-refractivity contribution in [1.29, 1.82) is 0 Å². The summed E-state index contributed by atoms with van der Waals surface area (Å²) in [7, 11) is 0. The average molecular weight is 850 g/mol. The smallest absolute Gasteiger partial charge is 0.323 e. The molecule has 5 unspecified atom stereocenters. The molecule has 0 spiro atoms. The van der Waals surface area contributed by atoms with Crippen LogP contribution in [0.1, 0.15) is 98.8 Å². The van der Waals surface area contributed by atoms with E-state index >= 15 is 4.39 Å². The fourth-order valence-electron chi connectivity index (χ4n) is 14.9. The number of hydrogen-bond acceptors (Lipinski definition) is 13. The average Bonchev–Trinajstić information content (AvgIpc) is 3.58. The first kappa shape index (κ1) is 43.9. The molecule has 0 aliphatic heterocycles. The highest BCUT2D eigenvalue weighted by molar-refractivity contribution is 6.02. The number of aliphatic hydroxyl groups excluding tert-OH is 2. The Morgan fingerprint density at radius 2 is 1.48 bits per heavy atom. The quantitative estimate of drug-likeness (QED) is 0.210. The van der Waals surface area contributed by atoms with Crippen LogP contribution in [0.2, 0.25) is 0 Å². The molecule has 6 saturated carbocycles. The van der Waals surface area contributed by atoms with Crippen molar-refractivity contribution in [1.82, 2.24) is 0 Å². The summed E-state index contributed by atoms with van der Waals surface area (Å²) >= 11 is 0. The Morgan fingerprint density at radius 1 is 0.836 bits per heavy atom. The number of aliphatic hydroxyl groups is 4. The second kappa shape index (κ2) is 14.4. The number of Topliss-reactive ketones (excluding diaryl/α,β-unsaturated/α-hetero) is 2. The van der Waals surface area contributed by atoms with E-state index in [0.29, 0.717) is 37.7 Å². The number of carbonyl (C=O) groups excluding carboxylic acids is 6. The number of rotatable bonds is 9. The van der Waals surface area contributed by atoms with Gasteiger partial charge < -0.3 is 35.6 Å². The lowest BCUT2D eigenvalue weighted by molar-refractivity contribution is -0.220. The standard InChI is InChI=1S/C47H60FNO12/c1-24-16-32-31-9-7-26-18-28(51)11-14-42(26,3)46(31,48)35(53)21-44(32,5)47(24,59)37(55)23-61-40(57)33(49)19-38(56)60-22-36(54)45(58)15-12-30-29-8-6-25-17-27(50)10-13-41(25,2)39(29)34(52)20-43(30,45)4/h10-11,13-14,17-18,24,29-35,39,52-53,58-59H,6-9,12,15-16,19-23,49H2,1-5H3/t24-,29?,30?,31?,32?,33-,34+,35+,39?,41+,42+,43+,44+,45+,46+,47+/m1/s1. The molecular weight excluding hydrogens is 790 g/mol. The van der Waals surface area contributed by atoms with Crippen molar-refractivity contribution in [3.63, 3.8) is 0 Å². The molecule has 16 atom stereocenters. The second-order valence-electron chi connectivity index (χ2n) is 20.7. The number of alkyl halides is 1. The van der Waals surface area contributed by atoms with Gasteiger partial charge in [0.05, 0.1) is 18.6 Å². The first-order valence-electron chi connectivity index (χ1n) is 21.9. The Balaban J connectivity index is 0.865. The fraction of sp³-hybridized carbons (Fsp3) is 0.702. The molecule has 6 fully saturated rings. The van der Waals surface area contributed by atoms with Crippen LogP contribution in [-0.4, -0.2) is 104 Å². The van der Waals surface area contributed by atoms with Crippen LogP contribution in [0.25, 0.3) is 0 Å². The maximum Gasteiger partial charge on any atom is 0.323 e. The van der Waals surface area contributed by atoms with Gasteiger partial charge in [-0.25, -0.2) is 4.39 Å². The summed E-state index contributed by atoms with van der Waals surface area (Å²) in [6.45, 7) is 7.17. The van der Waals surface area contributed by atoms with Crippen LogP contribution in [0.15, 0.2) is 47.6 Å². The van der Waals surface area contributed by atoms with Crippen LogP contribution in [0, 0.1) is 57.2 Å². The van der Waals surface area contributed by atoms with E-state index in [4.69, 9.17) is 15.2 Å². The van der Waals surface area contributed by atoms with Crippen molar-refractivity contribution in [2.45, 2.75) is 134 Å². The zero-order valence-electron chi connectivity index (χ0n) is 35.7. The Labute approximate surface area is 355 Å². The molecule has 6 N–H and O–H groups in total. The highest BCUT2D eigenvalue weighted by atomic mass is 19.1. The summed E-state index contributed by atoms with van der Waals surface area (Å²) < 4.78 is 28.0. The highest BCUT2D eigenvalue weighted by Crippen LogP contribution is 2.71. The lowest BCUT2D eigenvalue weighted by atomic mass is 9.44. The summed E-state index contributed by atoms with van der Waals surface area (Å²) in [6.07, 6.45) is 9.10. The number of hydrogen-bond donors (Lipinski definition) is 5. The van der Waals surface area contributed by atoms with Gasteiger partial charge in [0, 0.05) is 33.5 Å². The van der Waals surface area contributed by atoms with E-state index < -0.39 is 118 Å². The number of ether oxygens (including phenoxy) is 2. The molecule has 8 aliphatic rings. The summed E-state index contributed by atoms with van der Waals surface area (Å²) in [6, 6.07) is -1.60. The maximum absolute atomic E-state index is 17.5. The van der Waals surface area contributed by atoms with Crippen LogP contribution in [0.4, 0.5) is 4.39 Å². The van der Waals surface area contributed by atoms with Gasteiger partial charge in [-0.05, 0) is 113 Å². The summed E-state index contributed by atoms with van der Waals surface area (Å²) in [5, 5.41) is 47.5. The van der Waals surface area contributed by atoms with E-state index in [-0.39, 0.29) is 55.0 Å². The van der Waals surface area contributed by atoms with E-state index in [1.807, 2.05) is 13.0 Å². The van der Waals surface area contributed by atoms with Crippen LogP contribution in [0.5, 0.6) is 0 Å². The highest BCUT2D eigenvalue weighted by Gasteiger charge is 2.76. The SMILES string of the molecule is C[C@@H]1CC2C3CCC4=CC(=O)C=C[C@]4(C)[C@@]3(F)[C@@H](O)C[C@]2(C)[C@@]1(O)C(=O)COC(=O)[C@H](N)CC(=O)OCC(=O)[C@@]1(O)CCC2C3CCC4=CC(=O)C=C[C@]4(C)C3[C@@H](O)C[C@@]21C. The molecule has 13 nitrogen and oxygen atoms in total. The third-order valence-electron chi connectivity index (χ3n) is 18.2. The van der Waals surface area contributed by atoms with Crippen molar-refractivity contribution in [3.8, 4) is 0 Å². The molecule has 0 bridgehead atoms. The molecule has 14 heteroatoms. The summed E-state index contributed by atoms with van der Waals surface area (Å²) in [5.74, 6) is -6.32. The molecule has 0 aromatic rings.